The fraction of sp³-hybridized carbons (Fsp3) is 0.600. The Bertz CT molecular complexity index is 365. The molecular weight excluding hydrogens is 229 g/mol. The number of halogens is 1. The molecule has 0 aromatic heterocycles. The van der Waals surface area contributed by atoms with Gasteiger partial charge in [0.15, 0.2) is 0 Å². The number of rotatable bonds is 8. The molecule has 1 aliphatic rings. The topological polar surface area (TPSA) is 12.5 Å². The van der Waals surface area contributed by atoms with Gasteiger partial charge in [0, 0.05) is 32.8 Å². The van der Waals surface area contributed by atoms with E-state index in [1.165, 1.54) is 18.9 Å². The number of benzene rings is 1. The van der Waals surface area contributed by atoms with Crippen LogP contribution in [0.15, 0.2) is 24.3 Å². The standard InChI is InChI=1S/C15H22FNO/c1-18-11-3-9-17(15-6-7-15)10-8-13-4-2-5-14(16)12-13/h2,4-5,12,15H,3,6-11H2,1H3. The van der Waals surface area contributed by atoms with Crippen LogP contribution in [0.2, 0.25) is 0 Å². The van der Waals surface area contributed by atoms with Crippen molar-refractivity contribution in [3.8, 4) is 0 Å². The highest BCUT2D eigenvalue weighted by molar-refractivity contribution is 5.16. The molecule has 0 unspecified atom stereocenters. The third-order valence-corrected chi connectivity index (χ3v) is 3.43. The number of hydrogen-bond acceptors (Lipinski definition) is 2. The molecule has 1 aliphatic carbocycles. The molecule has 18 heavy (non-hydrogen) atoms. The molecule has 2 nitrogen and oxygen atoms in total. The lowest BCUT2D eigenvalue weighted by Gasteiger charge is -2.21. The number of ether oxygens (including phenoxy) is 1. The van der Waals surface area contributed by atoms with Crippen molar-refractivity contribution in [2.45, 2.75) is 31.7 Å². The lowest BCUT2D eigenvalue weighted by atomic mass is 10.1. The van der Waals surface area contributed by atoms with E-state index in [4.69, 9.17) is 4.74 Å². The molecule has 1 aromatic carbocycles. The van der Waals surface area contributed by atoms with E-state index >= 15 is 0 Å². The SMILES string of the molecule is COCCCN(CCc1cccc(F)c1)C1CC1. The average molecular weight is 251 g/mol. The fourth-order valence-corrected chi connectivity index (χ4v) is 2.29. The van der Waals surface area contributed by atoms with E-state index in [0.717, 1.165) is 44.1 Å². The highest BCUT2D eigenvalue weighted by atomic mass is 19.1. The van der Waals surface area contributed by atoms with E-state index in [-0.39, 0.29) is 5.82 Å². The summed E-state index contributed by atoms with van der Waals surface area (Å²) in [7, 11) is 1.74. The van der Waals surface area contributed by atoms with Gasteiger partial charge in [-0.1, -0.05) is 12.1 Å². The molecule has 0 spiro atoms. The van der Waals surface area contributed by atoms with Gasteiger partial charge in [0.25, 0.3) is 0 Å². The lowest BCUT2D eigenvalue weighted by molar-refractivity contribution is 0.169. The predicted octanol–water partition coefficient (Wildman–Crippen LogP) is 2.87. The van der Waals surface area contributed by atoms with Gasteiger partial charge < -0.3 is 4.74 Å². The van der Waals surface area contributed by atoms with Crippen molar-refractivity contribution >= 4 is 0 Å². The molecule has 0 saturated heterocycles. The average Bonchev–Trinajstić information content (AvgIpc) is 3.18. The van der Waals surface area contributed by atoms with Crippen LogP contribution in [0.25, 0.3) is 0 Å². The van der Waals surface area contributed by atoms with Gasteiger partial charge in [-0.3, -0.25) is 4.90 Å². The molecule has 100 valence electrons. The summed E-state index contributed by atoms with van der Waals surface area (Å²) in [5.41, 5.74) is 1.09. The van der Waals surface area contributed by atoms with Crippen molar-refractivity contribution < 1.29 is 9.13 Å². The van der Waals surface area contributed by atoms with Crippen molar-refractivity contribution in [2.75, 3.05) is 26.8 Å². The normalized spacial score (nSPS) is 15.3. The maximum atomic E-state index is 13.1. The summed E-state index contributed by atoms with van der Waals surface area (Å²) < 4.78 is 18.2. The van der Waals surface area contributed by atoms with Gasteiger partial charge in [0.1, 0.15) is 5.82 Å². The molecule has 0 heterocycles. The lowest BCUT2D eigenvalue weighted by Crippen LogP contribution is -2.30. The smallest absolute Gasteiger partial charge is 0.123 e. The number of nitrogens with zero attached hydrogens (tertiary/aromatic N) is 1. The molecule has 0 bridgehead atoms. The van der Waals surface area contributed by atoms with E-state index < -0.39 is 0 Å². The van der Waals surface area contributed by atoms with Crippen LogP contribution >= 0.6 is 0 Å². The molecule has 1 fully saturated rings. The van der Waals surface area contributed by atoms with Gasteiger partial charge in [0.05, 0.1) is 0 Å². The van der Waals surface area contributed by atoms with Gasteiger partial charge in [0.2, 0.25) is 0 Å². The first-order valence-corrected chi connectivity index (χ1v) is 6.77. The Morgan fingerprint density at radius 1 is 1.33 bits per heavy atom. The molecule has 0 aliphatic heterocycles. The van der Waals surface area contributed by atoms with Crippen molar-refractivity contribution in [1.82, 2.24) is 4.90 Å². The van der Waals surface area contributed by atoms with Gasteiger partial charge in [-0.2, -0.15) is 0 Å². The van der Waals surface area contributed by atoms with Crippen LogP contribution in [-0.4, -0.2) is 37.7 Å². The van der Waals surface area contributed by atoms with E-state index in [1.54, 1.807) is 19.2 Å². The Hall–Kier alpha value is -0.930. The summed E-state index contributed by atoms with van der Waals surface area (Å²) in [6.07, 6.45) is 4.64. The number of hydrogen-bond donors (Lipinski definition) is 0. The molecule has 0 N–H and O–H groups in total. The van der Waals surface area contributed by atoms with E-state index in [2.05, 4.69) is 4.90 Å². The van der Waals surface area contributed by atoms with Crippen LogP contribution in [0.3, 0.4) is 0 Å². The maximum absolute atomic E-state index is 13.1. The Balaban J connectivity index is 1.78. The molecule has 0 radical (unpaired) electrons. The molecule has 3 heteroatoms. The summed E-state index contributed by atoms with van der Waals surface area (Å²) >= 11 is 0. The minimum Gasteiger partial charge on any atom is -0.385 e. The quantitative estimate of drug-likeness (QED) is 0.659. The first-order chi connectivity index (χ1) is 8.79. The van der Waals surface area contributed by atoms with Crippen LogP contribution in [0, 0.1) is 5.82 Å². The largest absolute Gasteiger partial charge is 0.385 e. The van der Waals surface area contributed by atoms with Gasteiger partial charge in [-0.15, -0.1) is 0 Å². The summed E-state index contributed by atoms with van der Waals surface area (Å²) in [5, 5.41) is 0. The second kappa shape index (κ2) is 6.86. The van der Waals surface area contributed by atoms with E-state index in [9.17, 15) is 4.39 Å². The first-order valence-electron chi connectivity index (χ1n) is 6.77. The van der Waals surface area contributed by atoms with Gasteiger partial charge in [-0.05, 0) is 43.4 Å². The Labute approximate surface area is 109 Å². The van der Waals surface area contributed by atoms with Crippen LogP contribution < -0.4 is 0 Å². The van der Waals surface area contributed by atoms with Gasteiger partial charge >= 0.3 is 0 Å². The van der Waals surface area contributed by atoms with Crippen LogP contribution in [0.1, 0.15) is 24.8 Å². The zero-order chi connectivity index (χ0) is 12.8. The minimum absolute atomic E-state index is 0.134. The Kier molecular flexibility index (Phi) is 5.14. The molecule has 1 saturated carbocycles. The monoisotopic (exact) mass is 251 g/mol. The van der Waals surface area contributed by atoms with Crippen molar-refractivity contribution in [2.24, 2.45) is 0 Å². The third kappa shape index (κ3) is 4.39. The molecule has 1 aromatic rings. The first kappa shape index (κ1) is 13.5. The minimum atomic E-state index is -0.134. The third-order valence-electron chi connectivity index (χ3n) is 3.43. The predicted molar refractivity (Wildman–Crippen MR) is 71.2 cm³/mol. The van der Waals surface area contributed by atoms with E-state index in [0.29, 0.717) is 0 Å². The van der Waals surface area contributed by atoms with Gasteiger partial charge in [-0.25, -0.2) is 4.39 Å². The fourth-order valence-electron chi connectivity index (χ4n) is 2.29. The van der Waals surface area contributed by atoms with Crippen molar-refractivity contribution in [1.29, 1.82) is 0 Å². The zero-order valence-corrected chi connectivity index (χ0v) is 11.1. The second-order valence-corrected chi connectivity index (χ2v) is 4.99. The number of methoxy groups -OCH3 is 1. The molecular formula is C15H22FNO. The summed E-state index contributed by atoms with van der Waals surface area (Å²) in [5.74, 6) is -0.134. The van der Waals surface area contributed by atoms with Crippen molar-refractivity contribution in [3.63, 3.8) is 0 Å². The van der Waals surface area contributed by atoms with E-state index in [1.807, 2.05) is 6.07 Å². The Morgan fingerprint density at radius 3 is 2.83 bits per heavy atom. The maximum Gasteiger partial charge on any atom is 0.123 e. The second-order valence-electron chi connectivity index (χ2n) is 4.99. The van der Waals surface area contributed by atoms with Crippen molar-refractivity contribution in [3.05, 3.63) is 35.6 Å². The molecule has 2 rings (SSSR count). The zero-order valence-electron chi connectivity index (χ0n) is 11.1. The summed E-state index contributed by atoms with van der Waals surface area (Å²) in [6.45, 7) is 2.94. The van der Waals surface area contributed by atoms with Crippen LogP contribution in [0.4, 0.5) is 4.39 Å². The van der Waals surface area contributed by atoms with Crippen LogP contribution in [0.5, 0.6) is 0 Å². The Morgan fingerprint density at radius 2 is 2.17 bits per heavy atom. The molecule has 0 amide bonds. The summed E-state index contributed by atoms with van der Waals surface area (Å²) in [6, 6.07) is 7.69. The molecule has 0 atom stereocenters. The highest BCUT2D eigenvalue weighted by Gasteiger charge is 2.27. The summed E-state index contributed by atoms with van der Waals surface area (Å²) in [4.78, 5) is 2.52. The highest BCUT2D eigenvalue weighted by Crippen LogP contribution is 2.27. The van der Waals surface area contributed by atoms with Crippen LogP contribution in [-0.2, 0) is 11.2 Å².